The zero-order valence-corrected chi connectivity index (χ0v) is 11.0. The maximum atomic E-state index is 11.7. The molecule has 1 aliphatic rings. The van der Waals surface area contributed by atoms with Crippen molar-refractivity contribution in [2.75, 3.05) is 11.9 Å². The van der Waals surface area contributed by atoms with E-state index in [0.29, 0.717) is 5.69 Å². The minimum atomic E-state index is -1.20. The van der Waals surface area contributed by atoms with Gasteiger partial charge in [0.15, 0.2) is 0 Å². The van der Waals surface area contributed by atoms with Crippen molar-refractivity contribution >= 4 is 29.4 Å². The third-order valence-electron chi connectivity index (χ3n) is 2.98. The van der Waals surface area contributed by atoms with Gasteiger partial charge in [-0.05, 0) is 12.1 Å². The van der Waals surface area contributed by atoms with Crippen molar-refractivity contribution in [1.29, 1.82) is 0 Å². The zero-order valence-electron chi connectivity index (χ0n) is 11.0. The van der Waals surface area contributed by atoms with Crippen LogP contribution in [0.1, 0.15) is 29.8 Å². The zero-order chi connectivity index (χ0) is 15.4. The number of nitrogens with one attached hydrogen (secondary N) is 1. The number of aromatic nitrogens is 1. The lowest BCUT2D eigenvalue weighted by Crippen LogP contribution is -2.32. The maximum absolute atomic E-state index is 11.7. The van der Waals surface area contributed by atoms with Crippen LogP contribution in [0.5, 0.6) is 0 Å². The van der Waals surface area contributed by atoms with E-state index in [-0.39, 0.29) is 43.3 Å². The first-order chi connectivity index (χ1) is 9.97. The molecule has 3 amide bonds. The van der Waals surface area contributed by atoms with E-state index in [1.165, 1.54) is 18.3 Å². The number of anilines is 1. The molecule has 1 fully saturated rings. The van der Waals surface area contributed by atoms with Gasteiger partial charge in [-0.2, -0.15) is 0 Å². The number of amides is 3. The molecule has 21 heavy (non-hydrogen) atoms. The molecule has 2 rings (SSSR count). The van der Waals surface area contributed by atoms with Crippen molar-refractivity contribution < 1.29 is 24.3 Å². The van der Waals surface area contributed by atoms with Crippen molar-refractivity contribution in [2.45, 2.75) is 19.3 Å². The molecule has 1 aromatic rings. The molecule has 2 N–H and O–H groups in total. The second-order valence-corrected chi connectivity index (χ2v) is 4.47. The number of carboxylic acids is 1. The van der Waals surface area contributed by atoms with Crippen LogP contribution in [-0.2, 0) is 14.4 Å². The number of hydrogen-bond acceptors (Lipinski definition) is 5. The number of carbonyl (C=O) groups excluding carboxylic acids is 3. The van der Waals surface area contributed by atoms with Crippen LogP contribution in [0.2, 0.25) is 0 Å². The SMILES string of the molecule is O=C(CCN1C(=O)CCC1=O)Nc1ccnc(C(=O)O)c1. The van der Waals surface area contributed by atoms with Gasteiger partial charge in [-0.3, -0.25) is 19.3 Å². The van der Waals surface area contributed by atoms with Gasteiger partial charge in [0.05, 0.1) is 0 Å². The molecule has 0 aromatic carbocycles. The standard InChI is InChI=1S/C13H13N3O5/c17-10(4-6-16-11(18)1-2-12(16)19)15-8-3-5-14-9(7-8)13(20)21/h3,5,7H,1-2,4,6H2,(H,20,21)(H,14,15,17). The molecule has 0 atom stereocenters. The normalized spacial score (nSPS) is 14.4. The van der Waals surface area contributed by atoms with E-state index >= 15 is 0 Å². The smallest absolute Gasteiger partial charge is 0.354 e. The Balaban J connectivity index is 1.90. The lowest BCUT2D eigenvalue weighted by molar-refractivity contribution is -0.138. The summed E-state index contributed by atoms with van der Waals surface area (Å²) in [4.78, 5) is 49.9. The van der Waals surface area contributed by atoms with Gasteiger partial charge in [-0.25, -0.2) is 9.78 Å². The number of aromatic carboxylic acids is 1. The van der Waals surface area contributed by atoms with E-state index in [2.05, 4.69) is 10.3 Å². The molecule has 0 aliphatic carbocycles. The number of nitrogens with zero attached hydrogens (tertiary/aromatic N) is 2. The second kappa shape index (κ2) is 6.12. The van der Waals surface area contributed by atoms with Gasteiger partial charge in [-0.1, -0.05) is 0 Å². The summed E-state index contributed by atoms with van der Waals surface area (Å²) in [7, 11) is 0. The molecule has 8 nitrogen and oxygen atoms in total. The average molecular weight is 291 g/mol. The summed E-state index contributed by atoms with van der Waals surface area (Å²) in [5.74, 6) is -2.15. The lowest BCUT2D eigenvalue weighted by Gasteiger charge is -2.13. The number of rotatable bonds is 5. The molecule has 2 heterocycles. The van der Waals surface area contributed by atoms with Crippen LogP contribution in [0.3, 0.4) is 0 Å². The average Bonchev–Trinajstić information content (AvgIpc) is 2.76. The molecular weight excluding hydrogens is 278 g/mol. The van der Waals surface area contributed by atoms with Crippen LogP contribution in [0, 0.1) is 0 Å². The molecule has 0 bridgehead atoms. The topological polar surface area (TPSA) is 117 Å². The van der Waals surface area contributed by atoms with Gasteiger partial charge in [0, 0.05) is 37.7 Å². The Morgan fingerprint density at radius 3 is 2.57 bits per heavy atom. The van der Waals surface area contributed by atoms with E-state index in [9.17, 15) is 19.2 Å². The molecule has 1 aliphatic heterocycles. The van der Waals surface area contributed by atoms with E-state index in [1.807, 2.05) is 0 Å². The van der Waals surface area contributed by atoms with Crippen LogP contribution in [0.15, 0.2) is 18.3 Å². The van der Waals surface area contributed by atoms with Gasteiger partial charge in [0.1, 0.15) is 5.69 Å². The monoisotopic (exact) mass is 291 g/mol. The number of carboxylic acid groups (broad SMARTS) is 1. The molecule has 8 heteroatoms. The largest absolute Gasteiger partial charge is 0.477 e. The first kappa shape index (κ1) is 14.6. The summed E-state index contributed by atoms with van der Waals surface area (Å²) in [5.41, 5.74) is 0.115. The van der Waals surface area contributed by atoms with Crippen LogP contribution in [-0.4, -0.2) is 45.2 Å². The number of carbonyl (C=O) groups is 4. The molecule has 1 aromatic heterocycles. The minimum absolute atomic E-state index is 0.0281. The van der Waals surface area contributed by atoms with Crippen LogP contribution < -0.4 is 5.32 Å². The van der Waals surface area contributed by atoms with E-state index in [1.54, 1.807) is 0 Å². The number of pyridine rings is 1. The summed E-state index contributed by atoms with van der Waals surface area (Å²) in [5, 5.41) is 11.3. The highest BCUT2D eigenvalue weighted by Crippen LogP contribution is 2.13. The predicted octanol–water partition coefficient (Wildman–Crippen LogP) is 0.257. The molecule has 0 unspecified atom stereocenters. The second-order valence-electron chi connectivity index (χ2n) is 4.47. The van der Waals surface area contributed by atoms with Crippen molar-refractivity contribution in [3.8, 4) is 0 Å². The van der Waals surface area contributed by atoms with Crippen LogP contribution in [0.4, 0.5) is 5.69 Å². The third kappa shape index (κ3) is 3.62. The Bertz CT molecular complexity index is 598. The lowest BCUT2D eigenvalue weighted by atomic mass is 10.3. The quantitative estimate of drug-likeness (QED) is 0.751. The minimum Gasteiger partial charge on any atom is -0.477 e. The van der Waals surface area contributed by atoms with Crippen molar-refractivity contribution in [2.24, 2.45) is 0 Å². The highest BCUT2D eigenvalue weighted by atomic mass is 16.4. The Hall–Kier alpha value is -2.77. The molecular formula is C13H13N3O5. The van der Waals surface area contributed by atoms with Crippen molar-refractivity contribution in [3.63, 3.8) is 0 Å². The van der Waals surface area contributed by atoms with Gasteiger partial charge in [0.25, 0.3) is 0 Å². The summed E-state index contributed by atoms with van der Waals surface area (Å²) >= 11 is 0. The molecule has 0 saturated carbocycles. The van der Waals surface area contributed by atoms with Crippen molar-refractivity contribution in [1.82, 2.24) is 9.88 Å². The van der Waals surface area contributed by atoms with Crippen LogP contribution >= 0.6 is 0 Å². The first-order valence-corrected chi connectivity index (χ1v) is 6.30. The Labute approximate surface area is 119 Å². The first-order valence-electron chi connectivity index (χ1n) is 6.30. The fourth-order valence-corrected chi connectivity index (χ4v) is 1.93. The van der Waals surface area contributed by atoms with Gasteiger partial charge in [0.2, 0.25) is 17.7 Å². The Morgan fingerprint density at radius 1 is 1.29 bits per heavy atom. The summed E-state index contributed by atoms with van der Waals surface area (Å²) in [6.45, 7) is 0.0281. The molecule has 0 spiro atoms. The fraction of sp³-hybridized carbons (Fsp3) is 0.308. The van der Waals surface area contributed by atoms with Gasteiger partial charge >= 0.3 is 5.97 Å². The third-order valence-corrected chi connectivity index (χ3v) is 2.98. The fourth-order valence-electron chi connectivity index (χ4n) is 1.93. The highest BCUT2D eigenvalue weighted by Gasteiger charge is 2.28. The Kier molecular flexibility index (Phi) is 4.27. The molecule has 110 valence electrons. The number of likely N-dealkylation sites (tertiary alicyclic amines) is 1. The number of imide groups is 1. The highest BCUT2D eigenvalue weighted by molar-refractivity contribution is 6.02. The Morgan fingerprint density at radius 2 is 1.95 bits per heavy atom. The molecule has 0 radical (unpaired) electrons. The van der Waals surface area contributed by atoms with Crippen LogP contribution in [0.25, 0.3) is 0 Å². The predicted molar refractivity (Wildman–Crippen MR) is 70.4 cm³/mol. The summed E-state index contributed by atoms with van der Waals surface area (Å²) in [6.07, 6.45) is 1.61. The molecule has 1 saturated heterocycles. The summed E-state index contributed by atoms with van der Waals surface area (Å²) in [6, 6.07) is 2.68. The van der Waals surface area contributed by atoms with Gasteiger partial charge < -0.3 is 10.4 Å². The summed E-state index contributed by atoms with van der Waals surface area (Å²) < 4.78 is 0. The van der Waals surface area contributed by atoms with Gasteiger partial charge in [-0.15, -0.1) is 0 Å². The maximum Gasteiger partial charge on any atom is 0.354 e. The van der Waals surface area contributed by atoms with E-state index < -0.39 is 11.9 Å². The number of hydrogen-bond donors (Lipinski definition) is 2. The van der Waals surface area contributed by atoms with E-state index in [4.69, 9.17) is 5.11 Å². The van der Waals surface area contributed by atoms with E-state index in [0.717, 1.165) is 4.90 Å². The van der Waals surface area contributed by atoms with Crippen molar-refractivity contribution in [3.05, 3.63) is 24.0 Å².